The molecular formula is C62H119O11P. The van der Waals surface area contributed by atoms with Gasteiger partial charge in [0.25, 0.3) is 0 Å². The van der Waals surface area contributed by atoms with Crippen molar-refractivity contribution in [2.45, 2.75) is 341 Å². The number of aliphatic hydroxyl groups excluding tert-OH is 1. The van der Waals surface area contributed by atoms with Crippen LogP contribution < -0.4 is 0 Å². The molecule has 0 fully saturated rings. The Morgan fingerprint density at radius 2 is 0.622 bits per heavy atom. The molecule has 0 bridgehead atoms. The summed E-state index contributed by atoms with van der Waals surface area (Å²) in [6.07, 6.45) is 57.4. The van der Waals surface area contributed by atoms with Crippen LogP contribution in [0, 0.1) is 0 Å². The number of carbonyl (C=O) groups excluding carboxylic acids is 3. The Morgan fingerprint density at radius 3 is 0.932 bits per heavy atom. The Hall–Kier alpha value is -1.78. The van der Waals surface area contributed by atoms with Gasteiger partial charge < -0.3 is 24.2 Å². The van der Waals surface area contributed by atoms with E-state index in [0.29, 0.717) is 19.3 Å². The molecule has 0 amide bonds. The van der Waals surface area contributed by atoms with Crippen LogP contribution in [0.1, 0.15) is 329 Å². The van der Waals surface area contributed by atoms with Crippen molar-refractivity contribution in [3.8, 4) is 0 Å². The van der Waals surface area contributed by atoms with Gasteiger partial charge in [-0.3, -0.25) is 23.4 Å². The highest BCUT2D eigenvalue weighted by molar-refractivity contribution is 7.47. The largest absolute Gasteiger partial charge is 0.472 e. The molecule has 0 saturated heterocycles. The number of phosphoric acid groups is 1. The van der Waals surface area contributed by atoms with Crippen molar-refractivity contribution in [1.29, 1.82) is 0 Å². The maximum atomic E-state index is 12.9. The first-order valence-corrected chi connectivity index (χ1v) is 33.1. The second-order valence-corrected chi connectivity index (χ2v) is 23.0. The van der Waals surface area contributed by atoms with E-state index < -0.39 is 57.8 Å². The molecule has 0 heterocycles. The number of allylic oxidation sites excluding steroid dienone is 2. The molecule has 74 heavy (non-hydrogen) atoms. The van der Waals surface area contributed by atoms with E-state index in [2.05, 4.69) is 32.9 Å². The van der Waals surface area contributed by atoms with Crippen molar-refractivity contribution in [1.82, 2.24) is 0 Å². The molecule has 0 aliphatic rings. The molecule has 3 atom stereocenters. The molecule has 0 aromatic rings. The van der Waals surface area contributed by atoms with E-state index in [1.54, 1.807) is 0 Å². The van der Waals surface area contributed by atoms with Gasteiger partial charge in [-0.05, 0) is 44.9 Å². The van der Waals surface area contributed by atoms with Gasteiger partial charge in [-0.1, -0.05) is 277 Å². The van der Waals surface area contributed by atoms with Crippen molar-refractivity contribution < 1.29 is 52.2 Å². The van der Waals surface area contributed by atoms with Crippen LogP contribution in [0.25, 0.3) is 0 Å². The van der Waals surface area contributed by atoms with E-state index in [4.69, 9.17) is 23.3 Å². The van der Waals surface area contributed by atoms with E-state index in [-0.39, 0.29) is 25.9 Å². The van der Waals surface area contributed by atoms with Crippen LogP contribution in [0.15, 0.2) is 12.2 Å². The molecule has 2 N–H and O–H groups in total. The minimum Gasteiger partial charge on any atom is -0.462 e. The second kappa shape index (κ2) is 57.4. The van der Waals surface area contributed by atoms with Gasteiger partial charge in [0, 0.05) is 19.3 Å². The van der Waals surface area contributed by atoms with Crippen LogP contribution >= 0.6 is 7.82 Å². The Bertz CT molecular complexity index is 1290. The number of rotatable bonds is 60. The summed E-state index contributed by atoms with van der Waals surface area (Å²) in [5.41, 5.74) is 0. The molecule has 438 valence electrons. The Kier molecular flexibility index (Phi) is 56.0. The third kappa shape index (κ3) is 55.0. The van der Waals surface area contributed by atoms with Gasteiger partial charge in [0.1, 0.15) is 12.7 Å². The molecule has 12 heteroatoms. The zero-order valence-electron chi connectivity index (χ0n) is 48.6. The molecule has 0 radical (unpaired) electrons. The quantitative estimate of drug-likeness (QED) is 0.0197. The van der Waals surface area contributed by atoms with Gasteiger partial charge >= 0.3 is 25.7 Å². The van der Waals surface area contributed by atoms with E-state index in [1.165, 1.54) is 212 Å². The molecule has 0 spiro atoms. The summed E-state index contributed by atoms with van der Waals surface area (Å²) >= 11 is 0. The molecule has 3 unspecified atom stereocenters. The molecular weight excluding hydrogens is 952 g/mol. The predicted molar refractivity (Wildman–Crippen MR) is 307 cm³/mol. The second-order valence-electron chi connectivity index (χ2n) is 21.6. The Labute approximate surface area is 456 Å². The fourth-order valence-electron chi connectivity index (χ4n) is 9.35. The molecule has 0 aromatic heterocycles. The summed E-state index contributed by atoms with van der Waals surface area (Å²) in [5, 5.41) is 9.81. The highest BCUT2D eigenvalue weighted by Gasteiger charge is 2.28. The van der Waals surface area contributed by atoms with E-state index >= 15 is 0 Å². The van der Waals surface area contributed by atoms with Gasteiger partial charge in [-0.2, -0.15) is 0 Å². The zero-order chi connectivity index (χ0) is 54.1. The van der Waals surface area contributed by atoms with Gasteiger partial charge in [0.2, 0.25) is 0 Å². The number of aliphatic hydroxyl groups is 1. The van der Waals surface area contributed by atoms with Crippen molar-refractivity contribution >= 4 is 25.7 Å². The van der Waals surface area contributed by atoms with E-state index in [0.717, 1.165) is 57.8 Å². The lowest BCUT2D eigenvalue weighted by molar-refractivity contribution is -0.161. The lowest BCUT2D eigenvalue weighted by Crippen LogP contribution is -2.30. The number of unbranched alkanes of at least 4 members (excludes halogenated alkanes) is 41. The summed E-state index contributed by atoms with van der Waals surface area (Å²) in [7, 11) is -4.74. The van der Waals surface area contributed by atoms with Crippen LogP contribution in [0.2, 0.25) is 0 Å². The Morgan fingerprint density at radius 1 is 0.365 bits per heavy atom. The highest BCUT2D eigenvalue weighted by Crippen LogP contribution is 2.43. The van der Waals surface area contributed by atoms with Crippen molar-refractivity contribution in [2.75, 3.05) is 26.4 Å². The number of phosphoric ester groups is 1. The molecule has 11 nitrogen and oxygen atoms in total. The van der Waals surface area contributed by atoms with Crippen LogP contribution in [0.5, 0.6) is 0 Å². The van der Waals surface area contributed by atoms with Crippen molar-refractivity contribution in [2.24, 2.45) is 0 Å². The average molecular weight is 1070 g/mol. The first-order chi connectivity index (χ1) is 36.2. The summed E-state index contributed by atoms with van der Waals surface area (Å²) in [6.45, 7) is 4.71. The van der Waals surface area contributed by atoms with Gasteiger partial charge in [-0.15, -0.1) is 0 Å². The first-order valence-electron chi connectivity index (χ1n) is 31.6. The zero-order valence-corrected chi connectivity index (χ0v) is 49.5. The van der Waals surface area contributed by atoms with Gasteiger partial charge in [0.05, 0.1) is 19.8 Å². The standard InChI is InChI=1S/C62H119O11P/c1-4-7-10-13-16-19-22-24-26-28-29-31-33-35-38-41-44-47-50-53-62(66)73-59(55-69-60(64)51-48-45-42-39-37-34-32-30-27-25-23-20-17-14-11-8-5-2)57-71-74(67,68)70-56-58(54-63)72-61(65)52-49-46-43-40-36-21-18-15-12-9-6-3/h24,26,58-59,63H,4-23,25,27-57H2,1-3H3,(H,67,68)/b26-24-. The lowest BCUT2D eigenvalue weighted by Gasteiger charge is -2.21. The van der Waals surface area contributed by atoms with Crippen molar-refractivity contribution in [3.05, 3.63) is 12.2 Å². The minimum atomic E-state index is -4.74. The fraction of sp³-hybridized carbons (Fsp3) is 0.919. The smallest absolute Gasteiger partial charge is 0.462 e. The van der Waals surface area contributed by atoms with Crippen LogP contribution in [0.4, 0.5) is 0 Å². The first kappa shape index (κ1) is 72.2. The lowest BCUT2D eigenvalue weighted by atomic mass is 10.0. The number of hydrogen-bond donors (Lipinski definition) is 2. The normalized spacial score (nSPS) is 13.3. The minimum absolute atomic E-state index is 0.173. The number of carbonyl (C=O) groups is 3. The highest BCUT2D eigenvalue weighted by atomic mass is 31.2. The Balaban J connectivity index is 4.65. The summed E-state index contributed by atoms with van der Waals surface area (Å²) < 4.78 is 39.6. The SMILES string of the molecule is CCCCCCCC/C=C\CCCCCCCCCCCC(=O)OC(COC(=O)CCCCCCCCCCCCCCCCCCC)COP(=O)(O)OCC(CO)OC(=O)CCCCCCCCCCCCC. The summed E-state index contributed by atoms with van der Waals surface area (Å²) in [5.74, 6) is -1.43. The van der Waals surface area contributed by atoms with Crippen LogP contribution in [-0.4, -0.2) is 66.5 Å². The topological polar surface area (TPSA) is 155 Å². The van der Waals surface area contributed by atoms with Gasteiger partial charge in [0.15, 0.2) is 6.10 Å². The third-order valence-electron chi connectivity index (χ3n) is 14.2. The average Bonchev–Trinajstić information content (AvgIpc) is 3.39. The van der Waals surface area contributed by atoms with Crippen LogP contribution in [0.3, 0.4) is 0 Å². The monoisotopic (exact) mass is 1070 g/mol. The number of ether oxygens (including phenoxy) is 3. The summed E-state index contributed by atoms with van der Waals surface area (Å²) in [4.78, 5) is 48.6. The summed E-state index contributed by atoms with van der Waals surface area (Å²) in [6, 6.07) is 0. The fourth-order valence-corrected chi connectivity index (χ4v) is 10.1. The van der Waals surface area contributed by atoms with Gasteiger partial charge in [-0.25, -0.2) is 4.57 Å². The molecule has 0 aliphatic heterocycles. The van der Waals surface area contributed by atoms with Crippen molar-refractivity contribution in [3.63, 3.8) is 0 Å². The van der Waals surface area contributed by atoms with E-state index in [1.807, 2.05) is 0 Å². The maximum absolute atomic E-state index is 12.9. The molecule has 0 aromatic carbocycles. The third-order valence-corrected chi connectivity index (χ3v) is 15.1. The maximum Gasteiger partial charge on any atom is 0.472 e. The molecule has 0 rings (SSSR count). The molecule has 0 aliphatic carbocycles. The number of esters is 3. The van der Waals surface area contributed by atoms with Crippen LogP contribution in [-0.2, 0) is 42.2 Å². The van der Waals surface area contributed by atoms with E-state index in [9.17, 15) is 28.9 Å². The molecule has 0 saturated carbocycles. The predicted octanol–water partition coefficient (Wildman–Crippen LogP) is 18.8. The number of hydrogen-bond acceptors (Lipinski definition) is 10.